The number of hydrogen-bond donors (Lipinski definition) is 1. The fraction of sp³-hybridized carbons (Fsp3) is 0.462. The van der Waals surface area contributed by atoms with E-state index in [9.17, 15) is 0 Å². The van der Waals surface area contributed by atoms with Crippen molar-refractivity contribution in [3.63, 3.8) is 0 Å². The Morgan fingerprint density at radius 3 is 3.00 bits per heavy atom. The molecule has 2 aromatic rings. The first-order valence-electron chi connectivity index (χ1n) is 6.41. The topological polar surface area (TPSA) is 73.1 Å². The van der Waals surface area contributed by atoms with Gasteiger partial charge < -0.3 is 14.6 Å². The van der Waals surface area contributed by atoms with E-state index >= 15 is 0 Å². The quantitative estimate of drug-likeness (QED) is 0.903. The Hall–Kier alpha value is -1.95. The molecule has 3 heterocycles. The molecule has 1 N–H and O–H groups in total. The molecule has 0 spiro atoms. The van der Waals surface area contributed by atoms with Gasteiger partial charge in [-0.1, -0.05) is 5.16 Å². The van der Waals surface area contributed by atoms with Crippen LogP contribution in [0.3, 0.4) is 0 Å². The summed E-state index contributed by atoms with van der Waals surface area (Å²) in [7, 11) is 1.60. The lowest BCUT2D eigenvalue weighted by molar-refractivity contribution is 0.387. The molecule has 19 heavy (non-hydrogen) atoms. The van der Waals surface area contributed by atoms with Crippen molar-refractivity contribution >= 4 is 0 Å². The maximum absolute atomic E-state index is 5.36. The number of rotatable bonds is 3. The number of aromatic nitrogens is 3. The summed E-state index contributed by atoms with van der Waals surface area (Å²) in [6.45, 7) is 2.01. The summed E-state index contributed by atoms with van der Waals surface area (Å²) < 4.78 is 10.6. The van der Waals surface area contributed by atoms with Crippen molar-refractivity contribution in [3.05, 3.63) is 24.3 Å². The molecule has 0 aliphatic carbocycles. The Bertz CT molecular complexity index is 549. The third-order valence-electron chi connectivity index (χ3n) is 3.38. The highest BCUT2D eigenvalue weighted by Crippen LogP contribution is 2.30. The van der Waals surface area contributed by atoms with E-state index in [4.69, 9.17) is 9.26 Å². The first-order chi connectivity index (χ1) is 9.38. The van der Waals surface area contributed by atoms with Crippen molar-refractivity contribution in [2.75, 3.05) is 20.2 Å². The molecule has 0 amide bonds. The van der Waals surface area contributed by atoms with Gasteiger partial charge in [-0.3, -0.25) is 4.98 Å². The first kappa shape index (κ1) is 12.1. The molecule has 6 nitrogen and oxygen atoms in total. The maximum Gasteiger partial charge on any atom is 0.261 e. The largest absolute Gasteiger partial charge is 0.494 e. The van der Waals surface area contributed by atoms with Crippen LogP contribution < -0.4 is 10.1 Å². The summed E-state index contributed by atoms with van der Waals surface area (Å²) >= 11 is 0. The second-order valence-electron chi connectivity index (χ2n) is 4.56. The average molecular weight is 260 g/mol. The van der Waals surface area contributed by atoms with Gasteiger partial charge in [0.1, 0.15) is 5.75 Å². The molecule has 1 aliphatic heterocycles. The van der Waals surface area contributed by atoms with Crippen LogP contribution in [-0.2, 0) is 0 Å². The van der Waals surface area contributed by atoms with Gasteiger partial charge in [-0.05, 0) is 32.0 Å². The van der Waals surface area contributed by atoms with E-state index in [0.29, 0.717) is 17.6 Å². The normalized spacial score (nSPS) is 16.5. The number of ether oxygens (including phenoxy) is 1. The van der Waals surface area contributed by atoms with Crippen molar-refractivity contribution < 1.29 is 9.26 Å². The zero-order valence-corrected chi connectivity index (χ0v) is 10.8. The summed E-state index contributed by atoms with van der Waals surface area (Å²) in [5, 5.41) is 7.43. The number of hydrogen-bond acceptors (Lipinski definition) is 6. The van der Waals surface area contributed by atoms with Crippen molar-refractivity contribution in [2.24, 2.45) is 0 Å². The zero-order valence-electron chi connectivity index (χ0n) is 10.8. The lowest BCUT2D eigenvalue weighted by Crippen LogP contribution is -2.27. The second-order valence-corrected chi connectivity index (χ2v) is 4.56. The van der Waals surface area contributed by atoms with Crippen molar-refractivity contribution in [1.82, 2.24) is 20.4 Å². The summed E-state index contributed by atoms with van der Waals surface area (Å²) in [4.78, 5) is 8.51. The van der Waals surface area contributed by atoms with Gasteiger partial charge in [0.05, 0.1) is 18.9 Å². The highest BCUT2D eigenvalue weighted by Gasteiger charge is 2.22. The Labute approximate surface area is 111 Å². The molecule has 1 fully saturated rings. The van der Waals surface area contributed by atoms with Crippen LogP contribution in [0.15, 0.2) is 23.0 Å². The molecular formula is C13H16N4O2. The van der Waals surface area contributed by atoms with Crippen LogP contribution in [0.4, 0.5) is 0 Å². The molecule has 0 unspecified atom stereocenters. The smallest absolute Gasteiger partial charge is 0.261 e. The van der Waals surface area contributed by atoms with E-state index in [1.165, 1.54) is 0 Å². The predicted molar refractivity (Wildman–Crippen MR) is 68.9 cm³/mol. The van der Waals surface area contributed by atoms with Crippen LogP contribution in [0.1, 0.15) is 24.6 Å². The van der Waals surface area contributed by atoms with E-state index in [2.05, 4.69) is 20.4 Å². The SMILES string of the molecule is COc1cnccc1-c1nc(C2CCNCC2)no1. The van der Waals surface area contributed by atoms with E-state index in [-0.39, 0.29) is 0 Å². The first-order valence-corrected chi connectivity index (χ1v) is 6.41. The standard InChI is InChI=1S/C13H16N4O2/c1-18-11-8-15-7-4-10(11)13-16-12(17-19-13)9-2-5-14-6-3-9/h4,7-9,14H,2-3,5-6H2,1H3. The minimum absolute atomic E-state index is 0.381. The predicted octanol–water partition coefficient (Wildman–Crippen LogP) is 1.61. The molecule has 1 aliphatic rings. The number of piperidine rings is 1. The molecule has 6 heteroatoms. The van der Waals surface area contributed by atoms with Crippen molar-refractivity contribution in [1.29, 1.82) is 0 Å². The van der Waals surface area contributed by atoms with Gasteiger partial charge in [0.25, 0.3) is 5.89 Å². The van der Waals surface area contributed by atoms with Crippen LogP contribution in [0.25, 0.3) is 11.5 Å². The zero-order chi connectivity index (χ0) is 13.1. The van der Waals surface area contributed by atoms with Gasteiger partial charge in [-0.2, -0.15) is 4.98 Å². The number of methoxy groups -OCH3 is 1. The lowest BCUT2D eigenvalue weighted by atomic mass is 9.98. The molecule has 0 atom stereocenters. The summed E-state index contributed by atoms with van der Waals surface area (Å²) in [6, 6.07) is 1.82. The molecule has 0 aromatic carbocycles. The average Bonchev–Trinajstić information content (AvgIpc) is 2.98. The lowest BCUT2D eigenvalue weighted by Gasteiger charge is -2.18. The van der Waals surface area contributed by atoms with E-state index in [1.807, 2.05) is 6.07 Å². The van der Waals surface area contributed by atoms with E-state index < -0.39 is 0 Å². The molecule has 3 rings (SSSR count). The Balaban J connectivity index is 1.88. The fourth-order valence-electron chi connectivity index (χ4n) is 2.31. The monoisotopic (exact) mass is 260 g/mol. The Morgan fingerprint density at radius 2 is 2.21 bits per heavy atom. The molecule has 0 radical (unpaired) electrons. The molecular weight excluding hydrogens is 244 g/mol. The summed E-state index contributed by atoms with van der Waals surface area (Å²) in [5.74, 6) is 2.30. The van der Waals surface area contributed by atoms with Crippen LogP contribution in [0.5, 0.6) is 5.75 Å². The molecule has 2 aromatic heterocycles. The van der Waals surface area contributed by atoms with E-state index in [0.717, 1.165) is 37.3 Å². The maximum atomic E-state index is 5.36. The van der Waals surface area contributed by atoms with Gasteiger partial charge in [0.2, 0.25) is 0 Å². The minimum atomic E-state index is 0.381. The highest BCUT2D eigenvalue weighted by molar-refractivity contribution is 5.61. The third kappa shape index (κ3) is 2.44. The molecule has 1 saturated heterocycles. The van der Waals surface area contributed by atoms with Crippen LogP contribution >= 0.6 is 0 Å². The van der Waals surface area contributed by atoms with Crippen LogP contribution in [0, 0.1) is 0 Å². The van der Waals surface area contributed by atoms with Crippen LogP contribution in [0.2, 0.25) is 0 Å². The van der Waals surface area contributed by atoms with Crippen molar-refractivity contribution in [3.8, 4) is 17.2 Å². The highest BCUT2D eigenvalue weighted by atomic mass is 16.5. The van der Waals surface area contributed by atoms with E-state index in [1.54, 1.807) is 19.5 Å². The Morgan fingerprint density at radius 1 is 1.37 bits per heavy atom. The van der Waals surface area contributed by atoms with Crippen molar-refractivity contribution in [2.45, 2.75) is 18.8 Å². The minimum Gasteiger partial charge on any atom is -0.494 e. The molecule has 0 bridgehead atoms. The van der Waals surface area contributed by atoms with Gasteiger partial charge in [0.15, 0.2) is 5.82 Å². The molecule has 0 saturated carbocycles. The van der Waals surface area contributed by atoms with Gasteiger partial charge in [-0.15, -0.1) is 0 Å². The third-order valence-corrected chi connectivity index (χ3v) is 3.38. The molecule has 100 valence electrons. The number of pyridine rings is 1. The van der Waals surface area contributed by atoms with Crippen LogP contribution in [-0.4, -0.2) is 35.3 Å². The Kier molecular flexibility index (Phi) is 3.41. The summed E-state index contributed by atoms with van der Waals surface area (Å²) in [6.07, 6.45) is 5.43. The van der Waals surface area contributed by atoms with Gasteiger partial charge in [-0.25, -0.2) is 0 Å². The van der Waals surface area contributed by atoms with Gasteiger partial charge >= 0.3 is 0 Å². The fourth-order valence-corrected chi connectivity index (χ4v) is 2.31. The van der Waals surface area contributed by atoms with Gasteiger partial charge in [0, 0.05) is 12.1 Å². The second kappa shape index (κ2) is 5.36. The number of nitrogens with one attached hydrogen (secondary N) is 1. The summed E-state index contributed by atoms with van der Waals surface area (Å²) in [5.41, 5.74) is 0.783. The number of nitrogens with zero attached hydrogens (tertiary/aromatic N) is 3.